The third-order valence-electron chi connectivity index (χ3n) is 5.71. The number of amides is 2. The summed E-state index contributed by atoms with van der Waals surface area (Å²) in [5.41, 5.74) is 9.30. The number of azo groups is 1. The van der Waals surface area contributed by atoms with Crippen LogP contribution >= 0.6 is 11.6 Å². The Bertz CT molecular complexity index is 1730. The van der Waals surface area contributed by atoms with Gasteiger partial charge in [0.05, 0.1) is 11.4 Å². The molecular formula is C29H24ClN9O. The number of hydrogen-bond donors (Lipinski definition) is 4. The first kappa shape index (κ1) is 26.3. The molecule has 0 atom stereocenters. The molecule has 5 N–H and O–H groups in total. The van der Waals surface area contributed by atoms with Crippen molar-refractivity contribution in [3.8, 4) is 0 Å². The van der Waals surface area contributed by atoms with E-state index in [1.165, 1.54) is 0 Å². The molecule has 1 aromatic heterocycles. The van der Waals surface area contributed by atoms with Gasteiger partial charge in [-0.15, -0.1) is 16.8 Å². The smallest absolute Gasteiger partial charge is 0.316 e. The van der Waals surface area contributed by atoms with Crippen LogP contribution in [0.5, 0.6) is 0 Å². The number of hydrogen-bond acceptors (Lipinski definition) is 8. The summed E-state index contributed by atoms with van der Waals surface area (Å²) in [5, 5.41) is 19.6. The minimum absolute atomic E-state index is 0.00163. The fraction of sp³-hybridized carbons (Fsp3) is 0.0345. The highest BCUT2D eigenvalue weighted by atomic mass is 35.5. The van der Waals surface area contributed by atoms with Crippen molar-refractivity contribution in [1.29, 1.82) is 0 Å². The molecule has 0 aliphatic carbocycles. The first-order chi connectivity index (χ1) is 19.5. The molecule has 11 heteroatoms. The lowest BCUT2D eigenvalue weighted by atomic mass is 10.1. The normalized spacial score (nSPS) is 10.9. The summed E-state index contributed by atoms with van der Waals surface area (Å²) < 4.78 is 0. The van der Waals surface area contributed by atoms with Crippen molar-refractivity contribution in [3.05, 3.63) is 108 Å². The predicted molar refractivity (Wildman–Crippen MR) is 160 cm³/mol. The van der Waals surface area contributed by atoms with Gasteiger partial charge >= 0.3 is 6.03 Å². The number of carbonyl (C=O) groups excluding carboxylic acids is 1. The zero-order valence-electron chi connectivity index (χ0n) is 21.2. The Kier molecular flexibility index (Phi) is 7.89. The topological polar surface area (TPSA) is 143 Å². The average Bonchev–Trinajstić information content (AvgIpc) is 2.92. The lowest BCUT2D eigenvalue weighted by molar-refractivity contribution is 0.259. The summed E-state index contributed by atoms with van der Waals surface area (Å²) in [7, 11) is 0. The molecule has 0 bridgehead atoms. The fourth-order valence-electron chi connectivity index (χ4n) is 4.00. The van der Waals surface area contributed by atoms with Crippen LogP contribution in [0.4, 0.5) is 45.1 Å². The van der Waals surface area contributed by atoms with Gasteiger partial charge in [-0.1, -0.05) is 54.6 Å². The van der Waals surface area contributed by atoms with Gasteiger partial charge in [-0.25, -0.2) is 4.79 Å². The van der Waals surface area contributed by atoms with Crippen molar-refractivity contribution < 1.29 is 4.79 Å². The molecule has 198 valence electrons. The summed E-state index contributed by atoms with van der Waals surface area (Å²) in [6.07, 6.45) is 2.57. The molecule has 0 saturated carbocycles. The Morgan fingerprint density at radius 1 is 0.850 bits per heavy atom. The maximum atomic E-state index is 11.7. The van der Waals surface area contributed by atoms with E-state index in [0.717, 1.165) is 28.4 Å². The second kappa shape index (κ2) is 12.0. The molecule has 40 heavy (non-hydrogen) atoms. The van der Waals surface area contributed by atoms with Crippen molar-refractivity contribution in [1.82, 2.24) is 15.0 Å². The van der Waals surface area contributed by atoms with E-state index in [4.69, 9.17) is 17.3 Å². The maximum Gasteiger partial charge on any atom is 0.316 e. The Morgan fingerprint density at radius 3 is 2.33 bits per heavy atom. The largest absolute Gasteiger partial charge is 0.351 e. The highest BCUT2D eigenvalue weighted by Crippen LogP contribution is 2.33. The van der Waals surface area contributed by atoms with E-state index < -0.39 is 6.03 Å². The molecule has 4 aromatic carbocycles. The van der Waals surface area contributed by atoms with Crippen molar-refractivity contribution in [2.24, 2.45) is 16.0 Å². The molecule has 1 heterocycles. The van der Waals surface area contributed by atoms with Crippen molar-refractivity contribution >= 4 is 68.7 Å². The summed E-state index contributed by atoms with van der Waals surface area (Å²) in [5.74, 6) is 0.453. The minimum Gasteiger partial charge on any atom is -0.351 e. The number of anilines is 5. The summed E-state index contributed by atoms with van der Waals surface area (Å²) in [6.45, 7) is 3.77. The zero-order valence-corrected chi connectivity index (χ0v) is 21.9. The van der Waals surface area contributed by atoms with E-state index in [-0.39, 0.29) is 17.2 Å². The van der Waals surface area contributed by atoms with Crippen molar-refractivity contribution in [3.63, 3.8) is 0 Å². The third kappa shape index (κ3) is 6.55. The van der Waals surface area contributed by atoms with Gasteiger partial charge in [0.2, 0.25) is 17.2 Å². The lowest BCUT2D eigenvalue weighted by Crippen LogP contribution is -2.19. The quantitative estimate of drug-likeness (QED) is 0.109. The molecule has 0 spiro atoms. The fourth-order valence-corrected chi connectivity index (χ4v) is 4.16. The molecule has 10 nitrogen and oxygen atoms in total. The van der Waals surface area contributed by atoms with Crippen LogP contribution in [0.2, 0.25) is 5.28 Å². The number of aromatic nitrogens is 3. The van der Waals surface area contributed by atoms with E-state index in [2.05, 4.69) is 47.7 Å². The van der Waals surface area contributed by atoms with E-state index in [0.29, 0.717) is 22.7 Å². The second-order valence-electron chi connectivity index (χ2n) is 8.61. The molecule has 2 amide bonds. The highest BCUT2D eigenvalue weighted by molar-refractivity contribution is 6.28. The third-order valence-corrected chi connectivity index (χ3v) is 5.88. The lowest BCUT2D eigenvalue weighted by Gasteiger charge is -2.11. The average molecular weight is 550 g/mol. The van der Waals surface area contributed by atoms with E-state index >= 15 is 0 Å². The van der Waals surface area contributed by atoms with Crippen LogP contribution in [-0.4, -0.2) is 21.0 Å². The Labute approximate surface area is 235 Å². The van der Waals surface area contributed by atoms with Gasteiger partial charge in [0, 0.05) is 16.8 Å². The highest BCUT2D eigenvalue weighted by Gasteiger charge is 2.10. The van der Waals surface area contributed by atoms with Gasteiger partial charge in [0.15, 0.2) is 0 Å². The predicted octanol–water partition coefficient (Wildman–Crippen LogP) is 7.80. The molecule has 5 rings (SSSR count). The number of allylic oxidation sites excluding steroid dienone is 1. The number of primary amides is 1. The number of fused-ring (bicyclic) bond motifs is 1. The summed E-state index contributed by atoms with van der Waals surface area (Å²) >= 11 is 6.17. The first-order valence-corrected chi connectivity index (χ1v) is 12.6. The molecule has 0 aliphatic heterocycles. The van der Waals surface area contributed by atoms with Crippen molar-refractivity contribution in [2.45, 2.75) is 6.42 Å². The number of urea groups is 1. The molecule has 5 aromatic rings. The van der Waals surface area contributed by atoms with Crippen LogP contribution in [0.25, 0.3) is 10.8 Å². The minimum atomic E-state index is -0.743. The van der Waals surface area contributed by atoms with E-state index in [1.54, 1.807) is 18.2 Å². The van der Waals surface area contributed by atoms with Gasteiger partial charge in [-0.3, -0.25) is 0 Å². The Hall–Kier alpha value is -5.35. The number of halogens is 1. The van der Waals surface area contributed by atoms with Crippen LogP contribution in [-0.2, 0) is 6.42 Å². The van der Waals surface area contributed by atoms with E-state index in [1.807, 2.05) is 72.8 Å². The molecule has 0 unspecified atom stereocenters. The molecular weight excluding hydrogens is 526 g/mol. The van der Waals surface area contributed by atoms with Crippen LogP contribution < -0.4 is 21.7 Å². The first-order valence-electron chi connectivity index (χ1n) is 12.2. The number of nitrogens with two attached hydrogens (primary N) is 1. The van der Waals surface area contributed by atoms with Gasteiger partial charge in [-0.2, -0.15) is 15.0 Å². The van der Waals surface area contributed by atoms with Gasteiger partial charge in [0.25, 0.3) is 0 Å². The zero-order chi connectivity index (χ0) is 27.9. The number of carbonyl (C=O) groups is 1. The number of benzene rings is 4. The van der Waals surface area contributed by atoms with Gasteiger partial charge in [-0.05, 0) is 65.4 Å². The second-order valence-corrected chi connectivity index (χ2v) is 8.95. The monoisotopic (exact) mass is 549 g/mol. The number of nitrogens with one attached hydrogen (secondary N) is 3. The van der Waals surface area contributed by atoms with Crippen molar-refractivity contribution in [2.75, 3.05) is 16.0 Å². The van der Waals surface area contributed by atoms with Crippen LogP contribution in [0.3, 0.4) is 0 Å². The van der Waals surface area contributed by atoms with Crippen LogP contribution in [0, 0.1) is 0 Å². The van der Waals surface area contributed by atoms with Crippen LogP contribution in [0.15, 0.2) is 108 Å². The Balaban J connectivity index is 1.39. The molecule has 0 aliphatic rings. The van der Waals surface area contributed by atoms with Gasteiger partial charge in [0.1, 0.15) is 5.69 Å². The van der Waals surface area contributed by atoms with E-state index in [9.17, 15) is 4.79 Å². The Morgan fingerprint density at radius 2 is 1.55 bits per heavy atom. The van der Waals surface area contributed by atoms with Crippen LogP contribution in [0.1, 0.15) is 5.56 Å². The SMILES string of the molecule is C=CCc1cccc(Nc2nc(Cl)nc(Nc3ccc(N=Nc4cccc5ccccc45)c(NC(N)=O)c3)n2)c1. The van der Waals surface area contributed by atoms with Gasteiger partial charge < -0.3 is 21.7 Å². The summed E-state index contributed by atoms with van der Waals surface area (Å²) in [4.78, 5) is 24.5. The summed E-state index contributed by atoms with van der Waals surface area (Å²) in [6, 6.07) is 25.8. The molecule has 0 fully saturated rings. The maximum absolute atomic E-state index is 11.7. The standard InChI is InChI=1S/C29H24ClN9O/c1-2-7-18-8-5-11-20(16-18)32-28-35-26(30)36-29(37-28)33-21-14-15-24(25(17-21)34-27(31)40)39-38-23-13-6-10-19-9-3-4-12-22(19)23/h2-6,8-17H,1,7H2,(H3,31,34,40)(H2,32,33,35,36,37). The number of nitrogens with zero attached hydrogens (tertiary/aromatic N) is 5. The molecule has 0 saturated heterocycles. The molecule has 0 radical (unpaired) electrons. The number of rotatable bonds is 9.